The number of rotatable bonds is 7. The van der Waals surface area contributed by atoms with E-state index in [0.29, 0.717) is 22.5 Å². The van der Waals surface area contributed by atoms with Gasteiger partial charge in [-0.2, -0.15) is 0 Å². The van der Waals surface area contributed by atoms with Crippen molar-refractivity contribution in [2.24, 2.45) is 12.5 Å². The molecule has 14 heteroatoms. The molecule has 1 aromatic carbocycles. The maximum absolute atomic E-state index is 13.0. The molecule has 6 rings (SSSR count). The van der Waals surface area contributed by atoms with Gasteiger partial charge in [0.1, 0.15) is 17.8 Å². The van der Waals surface area contributed by atoms with Crippen LogP contribution in [-0.2, 0) is 42.0 Å². The van der Waals surface area contributed by atoms with E-state index < -0.39 is 14.4 Å². The molecule has 230 valence electrons. The molecule has 0 saturated heterocycles. The van der Waals surface area contributed by atoms with E-state index in [2.05, 4.69) is 34.4 Å². The minimum Gasteiger partial charge on any atom is -0.790 e. The molecule has 0 spiro atoms. The highest BCUT2D eigenvalue weighted by molar-refractivity contribution is 7.43. The number of hydrogen-bond acceptors (Lipinski definition) is 10. The Balaban J connectivity index is 0.00000212. The number of pyridine rings is 1. The number of thiophene rings is 1. The van der Waals surface area contributed by atoms with Gasteiger partial charge in [-0.05, 0) is 64.6 Å². The lowest BCUT2D eigenvalue weighted by Crippen LogP contribution is -2.31. The molecule has 0 fully saturated rings. The first-order valence-electron chi connectivity index (χ1n) is 13.4. The Kier molecular flexibility index (Phi) is 9.41. The number of hydrogen-bond donors (Lipinski definition) is 4. The zero-order chi connectivity index (χ0) is 28.9. The first kappa shape index (κ1) is 32.6. The van der Waals surface area contributed by atoms with Crippen LogP contribution >= 0.6 is 19.2 Å². The molecule has 12 nitrogen and oxygen atoms in total. The second-order valence-electron chi connectivity index (χ2n) is 11.4. The van der Waals surface area contributed by atoms with Crippen molar-refractivity contribution in [3.05, 3.63) is 91.4 Å². The Morgan fingerprint density at radius 3 is 2.72 bits per heavy atom. The first-order valence-corrected chi connectivity index (χ1v) is 15.7. The Labute approximate surface area is 254 Å². The molecule has 1 aliphatic heterocycles. The molecular weight excluding hydrogens is 589 g/mol. The molecule has 1 aliphatic carbocycles. The molecule has 43 heavy (non-hydrogen) atoms. The highest BCUT2D eigenvalue weighted by Crippen LogP contribution is 2.48. The molecule has 2 aliphatic rings. The van der Waals surface area contributed by atoms with Gasteiger partial charge in [0.25, 0.3) is 5.56 Å². The molecule has 10 N–H and O–H groups in total. The number of aromatic nitrogens is 3. The van der Waals surface area contributed by atoms with Gasteiger partial charge in [-0.15, -0.1) is 11.3 Å². The lowest BCUT2D eigenvalue weighted by Gasteiger charge is -2.32. The summed E-state index contributed by atoms with van der Waals surface area (Å²) in [6.07, 6.45) is 7.66. The summed E-state index contributed by atoms with van der Waals surface area (Å²) < 4.78 is 18.0. The smallest absolute Gasteiger partial charge is 0.274 e. The summed E-state index contributed by atoms with van der Waals surface area (Å²) in [5.74, 6) is 0.457. The number of fused-ring (bicyclic) bond motifs is 3. The maximum Gasteiger partial charge on any atom is 0.274 e. The summed E-state index contributed by atoms with van der Waals surface area (Å²) >= 11 is 1.82. The quantitative estimate of drug-likeness (QED) is 0.216. The van der Waals surface area contributed by atoms with Crippen molar-refractivity contribution in [2.75, 3.05) is 11.9 Å². The number of phosphoric ester groups is 1. The van der Waals surface area contributed by atoms with Gasteiger partial charge in [0, 0.05) is 41.3 Å². The fourth-order valence-electron chi connectivity index (χ4n) is 5.99. The van der Waals surface area contributed by atoms with E-state index in [1.807, 2.05) is 29.5 Å². The van der Waals surface area contributed by atoms with Crippen LogP contribution in [0.1, 0.15) is 51.9 Å². The third kappa shape index (κ3) is 6.64. The van der Waals surface area contributed by atoms with Crippen molar-refractivity contribution in [3.8, 4) is 11.1 Å². The van der Waals surface area contributed by atoms with Crippen molar-refractivity contribution in [1.29, 1.82) is 0 Å². The number of phosphoric acid groups is 1. The van der Waals surface area contributed by atoms with Crippen LogP contribution in [0, 0.1) is 5.41 Å². The summed E-state index contributed by atoms with van der Waals surface area (Å²) in [5.41, 5.74) is 5.85. The van der Waals surface area contributed by atoms with Crippen LogP contribution < -0.4 is 38.3 Å². The summed E-state index contributed by atoms with van der Waals surface area (Å²) in [6, 6.07) is 8.87. The van der Waals surface area contributed by atoms with Gasteiger partial charge in [0.2, 0.25) is 0 Å². The molecule has 4 heterocycles. The van der Waals surface area contributed by atoms with Gasteiger partial charge in [0.15, 0.2) is 0 Å². The highest BCUT2D eigenvalue weighted by atomic mass is 32.1. The number of quaternary nitrogens is 2. The van der Waals surface area contributed by atoms with Crippen LogP contribution in [0.15, 0.2) is 53.8 Å². The SMILES string of the molecule is Cn1cc(-c2cccc(C3NCCc4c3sc3c4CC(C)(C)C3)c2COP(=O)([O-])[O-])cc(Nc2ccncn2)c1=O.[NH4+].[NH4+]. The van der Waals surface area contributed by atoms with Crippen LogP contribution in [0.2, 0.25) is 0 Å². The van der Waals surface area contributed by atoms with Gasteiger partial charge >= 0.3 is 0 Å². The van der Waals surface area contributed by atoms with Crippen molar-refractivity contribution in [2.45, 2.75) is 45.8 Å². The molecule has 4 aromatic rings. The van der Waals surface area contributed by atoms with Crippen LogP contribution in [0.5, 0.6) is 0 Å². The van der Waals surface area contributed by atoms with Crippen molar-refractivity contribution < 1.29 is 18.9 Å². The molecule has 0 saturated carbocycles. The second kappa shape index (κ2) is 12.4. The number of benzene rings is 1. The number of nitrogens with one attached hydrogen (secondary N) is 2. The van der Waals surface area contributed by atoms with E-state index >= 15 is 0 Å². The zero-order valence-electron chi connectivity index (χ0n) is 25.0. The normalized spacial score (nSPS) is 16.9. The minimum atomic E-state index is -5.25. The number of aryl methyl sites for hydroxylation is 1. The molecule has 0 radical (unpaired) electrons. The minimum absolute atomic E-state index is 0. The third-order valence-corrected chi connectivity index (χ3v) is 9.53. The summed E-state index contributed by atoms with van der Waals surface area (Å²) in [7, 11) is -3.61. The number of nitrogens with zero attached hydrogens (tertiary/aromatic N) is 3. The zero-order valence-corrected chi connectivity index (χ0v) is 26.7. The summed E-state index contributed by atoms with van der Waals surface area (Å²) in [6.45, 7) is 4.96. The van der Waals surface area contributed by atoms with Crippen LogP contribution in [0.4, 0.5) is 11.5 Å². The fourth-order valence-corrected chi connectivity index (χ4v) is 8.00. The Morgan fingerprint density at radius 2 is 2.00 bits per heavy atom. The van der Waals surface area contributed by atoms with Gasteiger partial charge in [-0.1, -0.05) is 32.0 Å². The fraction of sp³-hybridized carbons (Fsp3) is 0.345. The average molecular weight is 628 g/mol. The van der Waals surface area contributed by atoms with Crippen LogP contribution in [-0.4, -0.2) is 21.1 Å². The van der Waals surface area contributed by atoms with Crippen LogP contribution in [0.3, 0.4) is 0 Å². The van der Waals surface area contributed by atoms with Gasteiger partial charge in [0.05, 0.1) is 20.5 Å². The van der Waals surface area contributed by atoms with Gasteiger partial charge in [-0.25, -0.2) is 9.97 Å². The topological polar surface area (TPSA) is 217 Å². The Morgan fingerprint density at radius 1 is 1.21 bits per heavy atom. The van der Waals surface area contributed by atoms with E-state index in [1.54, 1.807) is 31.6 Å². The molecule has 1 atom stereocenters. The molecule has 3 aromatic heterocycles. The third-order valence-electron chi connectivity index (χ3n) is 7.74. The van der Waals surface area contributed by atoms with Gasteiger partial charge < -0.3 is 46.4 Å². The predicted octanol–water partition coefficient (Wildman–Crippen LogP) is 4.10. The molecular formula is C29H38N7O5PS. The largest absolute Gasteiger partial charge is 0.790 e. The average Bonchev–Trinajstić information content (AvgIpc) is 3.41. The van der Waals surface area contributed by atoms with Crippen molar-refractivity contribution in [3.63, 3.8) is 0 Å². The van der Waals surface area contributed by atoms with Crippen LogP contribution in [0.25, 0.3) is 11.1 Å². The van der Waals surface area contributed by atoms with Crippen molar-refractivity contribution in [1.82, 2.24) is 32.2 Å². The first-order chi connectivity index (χ1) is 19.5. The summed E-state index contributed by atoms with van der Waals surface area (Å²) in [4.78, 5) is 46.9. The number of anilines is 2. The van der Waals surface area contributed by atoms with Gasteiger partial charge in [-0.3, -0.25) is 4.79 Å². The maximum atomic E-state index is 13.0. The Hall–Kier alpha value is -3.26. The summed E-state index contributed by atoms with van der Waals surface area (Å²) in [5, 5.41) is 6.68. The van der Waals surface area contributed by atoms with E-state index in [1.165, 1.54) is 31.8 Å². The lowest BCUT2D eigenvalue weighted by atomic mass is 9.86. The molecule has 1 unspecified atom stereocenters. The predicted molar refractivity (Wildman–Crippen MR) is 166 cm³/mol. The van der Waals surface area contributed by atoms with E-state index in [-0.39, 0.29) is 35.0 Å². The monoisotopic (exact) mass is 627 g/mol. The van der Waals surface area contributed by atoms with E-state index in [4.69, 9.17) is 4.52 Å². The van der Waals surface area contributed by atoms with E-state index in [0.717, 1.165) is 31.4 Å². The lowest BCUT2D eigenvalue weighted by molar-refractivity contribution is -0.342. The highest BCUT2D eigenvalue weighted by Gasteiger charge is 2.37. The van der Waals surface area contributed by atoms with E-state index in [9.17, 15) is 19.1 Å². The Bertz CT molecular complexity index is 1740. The standard InChI is InChI=1S/C29H32N5O5PS.2H3N/c1-29(2)12-21-20-7-10-31-26(27(20)41-24(21)13-29)19-6-4-5-18(22(19)15-39-40(36,37)38)17-11-23(28(35)34(3)14-17)33-25-8-9-30-16-32-25;;/h4-6,8-9,11,14,16,26,31H,7,10,12-13,15H2,1-3H3,(H,30,32,33)(H2,36,37,38);2*1H3. The molecule has 0 amide bonds. The van der Waals surface area contributed by atoms with Crippen molar-refractivity contribution >= 4 is 30.7 Å². The molecule has 0 bridgehead atoms. The second-order valence-corrected chi connectivity index (χ2v) is 13.7.